The highest BCUT2D eigenvalue weighted by Gasteiger charge is 2.21. The van der Waals surface area contributed by atoms with Gasteiger partial charge in [-0.1, -0.05) is 30.3 Å². The van der Waals surface area contributed by atoms with Crippen LogP contribution in [-0.2, 0) is 11.3 Å². The molecule has 0 bridgehead atoms. The fourth-order valence-corrected chi connectivity index (χ4v) is 3.27. The molecule has 0 unspecified atom stereocenters. The van der Waals surface area contributed by atoms with Gasteiger partial charge in [-0.2, -0.15) is 10.4 Å². The number of para-hydroxylation sites is 3. The number of amides is 1. The molecule has 0 saturated carbocycles. The Bertz CT molecular complexity index is 1420. The number of fused-ring (bicyclic) bond motifs is 1. The molecule has 0 N–H and O–H groups in total. The number of carbonyl (C=O) groups is 1. The summed E-state index contributed by atoms with van der Waals surface area (Å²) < 4.78 is 2.33. The van der Waals surface area contributed by atoms with Gasteiger partial charge in [0.25, 0.3) is 11.2 Å². The molecule has 0 aliphatic carbocycles. The maximum atomic E-state index is 12.9. The van der Waals surface area contributed by atoms with Crippen LogP contribution in [0.2, 0.25) is 0 Å². The zero-order valence-corrected chi connectivity index (χ0v) is 16.5. The Morgan fingerprint density at radius 2 is 1.88 bits per heavy atom. The minimum absolute atomic E-state index is 0.102. The van der Waals surface area contributed by atoms with Gasteiger partial charge in [-0.25, -0.2) is 9.67 Å². The number of hydrogen-bond acceptors (Lipinski definition) is 7. The number of rotatable bonds is 6. The van der Waals surface area contributed by atoms with Crippen LogP contribution in [-0.4, -0.2) is 36.7 Å². The minimum Gasteiger partial charge on any atom is -0.297 e. The van der Waals surface area contributed by atoms with Crippen LogP contribution in [0.4, 0.5) is 11.4 Å². The molecule has 2 aromatic carbocycles. The second kappa shape index (κ2) is 8.49. The first-order valence-corrected chi connectivity index (χ1v) is 9.40. The van der Waals surface area contributed by atoms with Gasteiger partial charge in [0.2, 0.25) is 5.91 Å². The predicted octanol–water partition coefficient (Wildman–Crippen LogP) is 2.05. The molecule has 2 heterocycles. The van der Waals surface area contributed by atoms with Crippen molar-refractivity contribution in [3.63, 3.8) is 0 Å². The van der Waals surface area contributed by atoms with Crippen LogP contribution >= 0.6 is 0 Å². The molecule has 0 atom stereocenters. The lowest BCUT2D eigenvalue weighted by Gasteiger charge is -2.20. The van der Waals surface area contributed by atoms with Crippen molar-refractivity contribution in [3.8, 4) is 11.8 Å². The standard InChI is InChI=1S/C21H15N7O4/c22-10-11-26(15-6-2-1-3-7-15)19(29)13-25-14-23-20-16(21(25)30)12-24-27(20)17-8-4-5-9-18(17)28(31)32/h1-9,12,14H,11,13H2. The summed E-state index contributed by atoms with van der Waals surface area (Å²) in [5, 5.41) is 24.6. The second-order valence-corrected chi connectivity index (χ2v) is 6.69. The Labute approximate surface area is 180 Å². The number of hydrogen-bond donors (Lipinski definition) is 0. The van der Waals surface area contributed by atoms with E-state index >= 15 is 0 Å². The number of anilines is 1. The van der Waals surface area contributed by atoms with E-state index in [1.54, 1.807) is 36.4 Å². The first-order valence-electron chi connectivity index (χ1n) is 9.40. The monoisotopic (exact) mass is 429 g/mol. The second-order valence-electron chi connectivity index (χ2n) is 6.69. The van der Waals surface area contributed by atoms with Crippen molar-refractivity contribution in [2.75, 3.05) is 11.4 Å². The fourth-order valence-electron chi connectivity index (χ4n) is 3.27. The van der Waals surface area contributed by atoms with Crippen molar-refractivity contribution in [1.82, 2.24) is 19.3 Å². The van der Waals surface area contributed by atoms with Crippen molar-refractivity contribution in [1.29, 1.82) is 5.26 Å². The lowest BCUT2D eigenvalue weighted by molar-refractivity contribution is -0.384. The molecule has 32 heavy (non-hydrogen) atoms. The molecule has 2 aromatic heterocycles. The number of nitro groups is 1. The van der Waals surface area contributed by atoms with Gasteiger partial charge in [-0.3, -0.25) is 29.2 Å². The molecular weight excluding hydrogens is 414 g/mol. The van der Waals surface area contributed by atoms with Crippen LogP contribution in [0.1, 0.15) is 0 Å². The maximum Gasteiger partial charge on any atom is 0.294 e. The average Bonchev–Trinajstić information content (AvgIpc) is 3.24. The summed E-state index contributed by atoms with van der Waals surface area (Å²) in [5.74, 6) is -0.466. The Balaban J connectivity index is 1.70. The molecule has 0 spiro atoms. The van der Waals surface area contributed by atoms with E-state index in [1.807, 2.05) is 6.07 Å². The molecule has 0 radical (unpaired) electrons. The smallest absolute Gasteiger partial charge is 0.294 e. The van der Waals surface area contributed by atoms with Gasteiger partial charge in [-0.05, 0) is 18.2 Å². The van der Waals surface area contributed by atoms with Gasteiger partial charge in [0.15, 0.2) is 5.65 Å². The lowest BCUT2D eigenvalue weighted by Crippen LogP contribution is -2.37. The number of carbonyl (C=O) groups excluding carboxylic acids is 1. The molecule has 0 aliphatic rings. The summed E-state index contributed by atoms with van der Waals surface area (Å²) in [6.07, 6.45) is 2.44. The van der Waals surface area contributed by atoms with Gasteiger partial charge < -0.3 is 0 Å². The molecule has 0 aliphatic heterocycles. The molecule has 0 saturated heterocycles. The molecule has 158 valence electrons. The highest BCUT2D eigenvalue weighted by molar-refractivity contribution is 5.93. The Hall–Kier alpha value is -4.85. The Morgan fingerprint density at radius 3 is 2.59 bits per heavy atom. The molecule has 11 nitrogen and oxygen atoms in total. The summed E-state index contributed by atoms with van der Waals surface area (Å²) in [6.45, 7) is -0.516. The number of nitrogens with zero attached hydrogens (tertiary/aromatic N) is 7. The van der Waals surface area contributed by atoms with Gasteiger partial charge >= 0.3 is 0 Å². The summed E-state index contributed by atoms with van der Waals surface area (Å²) in [7, 11) is 0. The van der Waals surface area contributed by atoms with Crippen LogP contribution in [0, 0.1) is 21.4 Å². The Kier molecular flexibility index (Phi) is 5.42. The minimum atomic E-state index is -0.546. The zero-order valence-electron chi connectivity index (χ0n) is 16.5. The predicted molar refractivity (Wildman–Crippen MR) is 114 cm³/mol. The summed E-state index contributed by atoms with van der Waals surface area (Å²) >= 11 is 0. The van der Waals surface area contributed by atoms with Crippen LogP contribution in [0.5, 0.6) is 0 Å². The summed E-state index contributed by atoms with van der Waals surface area (Å²) in [4.78, 5) is 42.1. The molecule has 4 rings (SSSR count). The summed E-state index contributed by atoms with van der Waals surface area (Å²) in [6, 6.07) is 16.6. The quantitative estimate of drug-likeness (QED) is 0.259. The van der Waals surface area contributed by atoms with E-state index in [0.717, 1.165) is 4.57 Å². The van der Waals surface area contributed by atoms with E-state index in [2.05, 4.69) is 10.1 Å². The van der Waals surface area contributed by atoms with Gasteiger partial charge in [0.1, 0.15) is 30.5 Å². The van der Waals surface area contributed by atoms with Gasteiger partial charge in [0.05, 0.1) is 17.2 Å². The molecule has 0 fully saturated rings. The number of nitriles is 1. The van der Waals surface area contributed by atoms with Crippen molar-refractivity contribution in [2.45, 2.75) is 6.54 Å². The van der Waals surface area contributed by atoms with Crippen LogP contribution in [0.25, 0.3) is 16.7 Å². The third-order valence-electron chi connectivity index (χ3n) is 4.76. The third-order valence-corrected chi connectivity index (χ3v) is 4.76. The first kappa shape index (κ1) is 20.4. The largest absolute Gasteiger partial charge is 0.297 e. The van der Waals surface area contributed by atoms with Crippen molar-refractivity contribution < 1.29 is 9.72 Å². The SMILES string of the molecule is N#CCN(C(=O)Cn1cnc2c(cnn2-c2ccccc2[N+](=O)[O-])c1=O)c1ccccc1. The molecule has 11 heteroatoms. The van der Waals surface area contributed by atoms with E-state index in [0.29, 0.717) is 5.69 Å². The number of benzene rings is 2. The van der Waals surface area contributed by atoms with Crippen LogP contribution in [0.15, 0.2) is 71.9 Å². The normalized spacial score (nSPS) is 10.6. The van der Waals surface area contributed by atoms with E-state index in [-0.39, 0.29) is 35.5 Å². The van der Waals surface area contributed by atoms with E-state index in [9.17, 15) is 19.7 Å². The van der Waals surface area contributed by atoms with Crippen LogP contribution in [0.3, 0.4) is 0 Å². The van der Waals surface area contributed by atoms with Crippen molar-refractivity contribution >= 4 is 28.3 Å². The summed E-state index contributed by atoms with van der Waals surface area (Å²) in [5.41, 5.74) is 0.111. The number of nitro benzene ring substituents is 1. The Morgan fingerprint density at radius 1 is 1.16 bits per heavy atom. The van der Waals surface area contributed by atoms with Gasteiger partial charge in [0, 0.05) is 11.8 Å². The number of aromatic nitrogens is 4. The van der Waals surface area contributed by atoms with E-state index in [4.69, 9.17) is 5.26 Å². The third kappa shape index (κ3) is 3.68. The van der Waals surface area contributed by atoms with E-state index < -0.39 is 16.4 Å². The molecule has 1 amide bonds. The topological polar surface area (TPSA) is 140 Å². The average molecular weight is 429 g/mol. The fraction of sp³-hybridized carbons (Fsp3) is 0.0952. The molecular formula is C21H15N7O4. The zero-order chi connectivity index (χ0) is 22.7. The van der Waals surface area contributed by atoms with Crippen LogP contribution < -0.4 is 10.5 Å². The van der Waals surface area contributed by atoms with Crippen molar-refractivity contribution in [3.05, 3.63) is 87.6 Å². The highest BCUT2D eigenvalue weighted by Crippen LogP contribution is 2.24. The molecule has 4 aromatic rings. The maximum absolute atomic E-state index is 12.9. The lowest BCUT2D eigenvalue weighted by atomic mass is 10.2. The first-order chi connectivity index (χ1) is 15.5. The van der Waals surface area contributed by atoms with E-state index in [1.165, 1.54) is 40.3 Å². The highest BCUT2D eigenvalue weighted by atomic mass is 16.6. The van der Waals surface area contributed by atoms with Gasteiger partial charge in [-0.15, -0.1) is 0 Å². The van der Waals surface area contributed by atoms with Crippen molar-refractivity contribution in [2.24, 2.45) is 0 Å².